The average molecular weight is 115 g/mol. The molecule has 8 heavy (non-hydrogen) atoms. The van der Waals surface area contributed by atoms with E-state index in [1.807, 2.05) is 0 Å². The zero-order valence-electron chi connectivity index (χ0n) is 5.26. The molecule has 2 atom stereocenters. The third-order valence-corrected chi connectivity index (χ3v) is 1.60. The van der Waals surface area contributed by atoms with Crippen LogP contribution in [0.4, 0.5) is 0 Å². The molecule has 0 radical (unpaired) electrons. The molecule has 1 fully saturated rings. The van der Waals surface area contributed by atoms with Crippen molar-refractivity contribution in [3.05, 3.63) is 0 Å². The second kappa shape index (κ2) is 2.46. The molecule has 2 N–H and O–H groups in total. The number of nitrogens with two attached hydrogens (primary N) is 1. The normalized spacial score (nSPS) is 38.2. The number of hydrogen-bond donors (Lipinski definition) is 1. The fourth-order valence-electron chi connectivity index (χ4n) is 1.03. The molecule has 1 saturated heterocycles. The van der Waals surface area contributed by atoms with E-state index in [9.17, 15) is 0 Å². The zero-order chi connectivity index (χ0) is 5.98. The van der Waals surface area contributed by atoms with Crippen molar-refractivity contribution in [3.8, 4) is 0 Å². The van der Waals surface area contributed by atoms with Gasteiger partial charge in [-0.15, -0.1) is 0 Å². The van der Waals surface area contributed by atoms with Gasteiger partial charge in [0.2, 0.25) is 0 Å². The van der Waals surface area contributed by atoms with Crippen molar-refractivity contribution in [1.29, 1.82) is 0 Å². The van der Waals surface area contributed by atoms with Crippen molar-refractivity contribution in [2.75, 3.05) is 0 Å². The molecule has 1 aliphatic heterocycles. The Balaban J connectivity index is 2.22. The maximum atomic E-state index is 5.48. The van der Waals surface area contributed by atoms with E-state index in [-0.39, 0.29) is 6.23 Å². The lowest BCUT2D eigenvalue weighted by Gasteiger charge is -2.05. The first-order valence-electron chi connectivity index (χ1n) is 3.24. The minimum atomic E-state index is 0.0277. The van der Waals surface area contributed by atoms with Gasteiger partial charge in [0.1, 0.15) is 6.23 Å². The van der Waals surface area contributed by atoms with Crippen molar-refractivity contribution >= 4 is 0 Å². The molecule has 0 saturated carbocycles. The van der Waals surface area contributed by atoms with Crippen molar-refractivity contribution < 1.29 is 4.74 Å². The summed E-state index contributed by atoms with van der Waals surface area (Å²) in [5, 5.41) is 0. The lowest BCUT2D eigenvalue weighted by molar-refractivity contribution is 0.0473. The summed E-state index contributed by atoms with van der Waals surface area (Å²) in [6, 6.07) is 0. The molecule has 1 rings (SSSR count). The molecule has 0 aromatic carbocycles. The maximum Gasteiger partial charge on any atom is 0.106 e. The minimum absolute atomic E-state index is 0.0277. The van der Waals surface area contributed by atoms with Crippen LogP contribution in [-0.2, 0) is 4.74 Å². The predicted molar refractivity (Wildman–Crippen MR) is 32.4 cm³/mol. The summed E-state index contributed by atoms with van der Waals surface area (Å²) in [5.74, 6) is 0. The highest BCUT2D eigenvalue weighted by molar-refractivity contribution is 4.67. The molecule has 0 amide bonds. The summed E-state index contributed by atoms with van der Waals surface area (Å²) in [5.41, 5.74) is 5.48. The van der Waals surface area contributed by atoms with Gasteiger partial charge in [0, 0.05) is 0 Å². The minimum Gasteiger partial charge on any atom is -0.360 e. The van der Waals surface area contributed by atoms with Crippen molar-refractivity contribution in [2.45, 2.75) is 38.5 Å². The summed E-state index contributed by atoms with van der Waals surface area (Å²) < 4.78 is 5.29. The summed E-state index contributed by atoms with van der Waals surface area (Å²) in [7, 11) is 0. The van der Waals surface area contributed by atoms with Crippen LogP contribution in [0.25, 0.3) is 0 Å². The highest BCUT2D eigenvalue weighted by Gasteiger charge is 2.19. The Morgan fingerprint density at radius 3 is 2.62 bits per heavy atom. The van der Waals surface area contributed by atoms with Gasteiger partial charge in [0.05, 0.1) is 6.10 Å². The molecule has 1 heterocycles. The van der Waals surface area contributed by atoms with Crippen molar-refractivity contribution in [2.24, 2.45) is 5.73 Å². The van der Waals surface area contributed by atoms with Crippen LogP contribution in [0, 0.1) is 0 Å². The Kier molecular flexibility index (Phi) is 1.86. The quantitative estimate of drug-likeness (QED) is 0.550. The van der Waals surface area contributed by atoms with Crippen molar-refractivity contribution in [1.82, 2.24) is 0 Å². The van der Waals surface area contributed by atoms with Gasteiger partial charge in [0.15, 0.2) is 0 Å². The molecule has 0 spiro atoms. The van der Waals surface area contributed by atoms with Gasteiger partial charge in [-0.2, -0.15) is 0 Å². The van der Waals surface area contributed by atoms with Gasteiger partial charge in [-0.1, -0.05) is 6.92 Å². The first-order chi connectivity index (χ1) is 3.83. The molecule has 0 bridgehead atoms. The molecule has 48 valence electrons. The number of ether oxygens (including phenoxy) is 1. The summed E-state index contributed by atoms with van der Waals surface area (Å²) >= 11 is 0. The molecule has 0 aliphatic carbocycles. The van der Waals surface area contributed by atoms with E-state index in [2.05, 4.69) is 6.92 Å². The van der Waals surface area contributed by atoms with E-state index in [1.165, 1.54) is 0 Å². The topological polar surface area (TPSA) is 35.2 Å². The van der Waals surface area contributed by atoms with Crippen LogP contribution in [0.2, 0.25) is 0 Å². The lowest BCUT2D eigenvalue weighted by Crippen LogP contribution is -2.19. The van der Waals surface area contributed by atoms with Gasteiger partial charge in [-0.3, -0.25) is 0 Å². The van der Waals surface area contributed by atoms with Crippen LogP contribution in [0.15, 0.2) is 0 Å². The second-order valence-electron chi connectivity index (χ2n) is 2.28. The van der Waals surface area contributed by atoms with Crippen LogP contribution >= 0.6 is 0 Å². The third kappa shape index (κ3) is 1.20. The maximum absolute atomic E-state index is 5.48. The Morgan fingerprint density at radius 1 is 1.62 bits per heavy atom. The zero-order valence-corrected chi connectivity index (χ0v) is 5.26. The Morgan fingerprint density at radius 2 is 2.38 bits per heavy atom. The van der Waals surface area contributed by atoms with Gasteiger partial charge < -0.3 is 10.5 Å². The van der Waals surface area contributed by atoms with Gasteiger partial charge in [0.25, 0.3) is 0 Å². The summed E-state index contributed by atoms with van der Waals surface area (Å²) in [6.07, 6.45) is 3.77. The molecular weight excluding hydrogens is 102 g/mol. The molecule has 0 aromatic rings. The fourth-order valence-corrected chi connectivity index (χ4v) is 1.03. The molecule has 2 heteroatoms. The lowest BCUT2D eigenvalue weighted by atomic mass is 10.2. The highest BCUT2D eigenvalue weighted by Crippen LogP contribution is 2.17. The van der Waals surface area contributed by atoms with Crippen LogP contribution < -0.4 is 5.73 Å². The molecular formula is C6H13NO. The molecule has 0 unspecified atom stereocenters. The predicted octanol–water partition coefficient (Wildman–Crippen LogP) is 0.860. The van der Waals surface area contributed by atoms with Crippen molar-refractivity contribution in [3.63, 3.8) is 0 Å². The van der Waals surface area contributed by atoms with E-state index in [4.69, 9.17) is 10.5 Å². The first-order valence-corrected chi connectivity index (χ1v) is 3.24. The molecule has 1 aliphatic rings. The van der Waals surface area contributed by atoms with E-state index < -0.39 is 0 Å². The van der Waals surface area contributed by atoms with E-state index in [1.54, 1.807) is 0 Å². The second-order valence-corrected chi connectivity index (χ2v) is 2.28. The monoisotopic (exact) mass is 115 g/mol. The van der Waals surface area contributed by atoms with Crippen LogP contribution in [0.1, 0.15) is 26.2 Å². The van der Waals surface area contributed by atoms with E-state index in [0.717, 1.165) is 19.3 Å². The average Bonchev–Trinajstić information content (AvgIpc) is 2.14. The van der Waals surface area contributed by atoms with Gasteiger partial charge in [-0.25, -0.2) is 0 Å². The van der Waals surface area contributed by atoms with E-state index >= 15 is 0 Å². The summed E-state index contributed by atoms with van der Waals surface area (Å²) in [6.45, 7) is 2.13. The van der Waals surface area contributed by atoms with Gasteiger partial charge >= 0.3 is 0 Å². The highest BCUT2D eigenvalue weighted by atomic mass is 16.5. The Bertz CT molecular complexity index is 74.9. The Hall–Kier alpha value is -0.0800. The standard InChI is InChI=1S/C6H13NO/c1-2-5-3-4-6(7)8-5/h5-6H,2-4,7H2,1H3/t5-,6-/m1/s1. The Labute approximate surface area is 50.0 Å². The van der Waals surface area contributed by atoms with Crippen LogP contribution in [-0.4, -0.2) is 12.3 Å². The van der Waals surface area contributed by atoms with Crippen LogP contribution in [0.5, 0.6) is 0 Å². The van der Waals surface area contributed by atoms with Gasteiger partial charge in [-0.05, 0) is 19.3 Å². The molecule has 2 nitrogen and oxygen atoms in total. The molecule has 0 aromatic heterocycles. The van der Waals surface area contributed by atoms with Crippen LogP contribution in [0.3, 0.4) is 0 Å². The third-order valence-electron chi connectivity index (χ3n) is 1.60. The SMILES string of the molecule is CC[C@@H]1CC[C@H](N)O1. The number of rotatable bonds is 1. The van der Waals surface area contributed by atoms with E-state index in [0.29, 0.717) is 6.10 Å². The fraction of sp³-hybridized carbons (Fsp3) is 1.00. The summed E-state index contributed by atoms with van der Waals surface area (Å²) in [4.78, 5) is 0. The number of hydrogen-bond acceptors (Lipinski definition) is 2. The largest absolute Gasteiger partial charge is 0.360 e. The first kappa shape index (κ1) is 6.05. The smallest absolute Gasteiger partial charge is 0.106 e.